The van der Waals surface area contributed by atoms with E-state index in [4.69, 9.17) is 25.8 Å². The molecule has 1 heterocycles. The zero-order valence-corrected chi connectivity index (χ0v) is 19.7. The molecule has 0 bridgehead atoms. The first-order valence-corrected chi connectivity index (χ1v) is 12.1. The molecule has 0 unspecified atom stereocenters. The Labute approximate surface area is 192 Å². The van der Waals surface area contributed by atoms with E-state index in [0.717, 1.165) is 29.3 Å². The third kappa shape index (κ3) is 5.76. The number of anilines is 3. The Bertz CT molecular complexity index is 1060. The van der Waals surface area contributed by atoms with Crippen LogP contribution in [0.25, 0.3) is 0 Å². The molecule has 9 nitrogen and oxygen atoms in total. The average molecular weight is 484 g/mol. The van der Waals surface area contributed by atoms with Gasteiger partial charge >= 0.3 is 0 Å². The lowest BCUT2D eigenvalue weighted by molar-refractivity contribution is -0.114. The second-order valence-corrected chi connectivity index (χ2v) is 9.44. The molecule has 174 valence electrons. The Hall–Kier alpha value is -2.69. The van der Waals surface area contributed by atoms with E-state index in [2.05, 4.69) is 10.2 Å². The molecular formula is C21H26ClN3O6S. The van der Waals surface area contributed by atoms with E-state index in [1.54, 1.807) is 12.1 Å². The van der Waals surface area contributed by atoms with Crippen molar-refractivity contribution in [2.45, 2.75) is 0 Å². The first kappa shape index (κ1) is 24.0. The third-order valence-electron chi connectivity index (χ3n) is 4.94. The van der Waals surface area contributed by atoms with Gasteiger partial charge in [0.15, 0.2) is 0 Å². The van der Waals surface area contributed by atoms with Crippen LogP contribution in [-0.2, 0) is 19.6 Å². The Kier molecular flexibility index (Phi) is 7.70. The van der Waals surface area contributed by atoms with Crippen molar-refractivity contribution in [1.29, 1.82) is 0 Å². The van der Waals surface area contributed by atoms with Crippen molar-refractivity contribution in [2.75, 3.05) is 67.8 Å². The number of nitrogens with zero attached hydrogens (tertiary/aromatic N) is 2. The fourth-order valence-electron chi connectivity index (χ4n) is 3.33. The zero-order chi connectivity index (χ0) is 23.3. The molecule has 0 atom stereocenters. The summed E-state index contributed by atoms with van der Waals surface area (Å²) in [6, 6.07) is 10.2. The maximum atomic E-state index is 12.7. The van der Waals surface area contributed by atoms with Crippen LogP contribution in [0.1, 0.15) is 0 Å². The zero-order valence-electron chi connectivity index (χ0n) is 18.1. The maximum Gasteiger partial charge on any atom is 0.245 e. The topological polar surface area (TPSA) is 97.4 Å². The van der Waals surface area contributed by atoms with Gasteiger partial charge in [0.1, 0.15) is 18.0 Å². The van der Waals surface area contributed by atoms with Crippen LogP contribution in [0.15, 0.2) is 36.4 Å². The van der Waals surface area contributed by atoms with Crippen LogP contribution in [0.3, 0.4) is 0 Å². The van der Waals surface area contributed by atoms with Gasteiger partial charge in [0.25, 0.3) is 0 Å². The number of hydrogen-bond acceptors (Lipinski definition) is 7. The summed E-state index contributed by atoms with van der Waals surface area (Å²) in [5, 5.41) is 2.99. The number of benzene rings is 2. The molecule has 1 amide bonds. The summed E-state index contributed by atoms with van der Waals surface area (Å²) in [5.74, 6) is -0.0513. The summed E-state index contributed by atoms with van der Waals surface area (Å²) in [4.78, 5) is 14.9. The van der Waals surface area contributed by atoms with Crippen LogP contribution >= 0.6 is 11.6 Å². The van der Waals surface area contributed by atoms with Gasteiger partial charge in [-0.3, -0.25) is 9.10 Å². The number of rotatable bonds is 8. The number of methoxy groups -OCH3 is 2. The molecule has 0 spiro atoms. The van der Waals surface area contributed by atoms with Gasteiger partial charge in [0, 0.05) is 36.6 Å². The Balaban J connectivity index is 1.78. The monoisotopic (exact) mass is 483 g/mol. The molecule has 1 aliphatic rings. The van der Waals surface area contributed by atoms with Gasteiger partial charge in [-0.25, -0.2) is 8.42 Å². The summed E-state index contributed by atoms with van der Waals surface area (Å²) in [7, 11) is -1.02. The summed E-state index contributed by atoms with van der Waals surface area (Å²) in [5.41, 5.74) is 1.73. The second-order valence-electron chi connectivity index (χ2n) is 7.12. The van der Waals surface area contributed by atoms with Crippen LogP contribution < -0.4 is 24.0 Å². The van der Waals surface area contributed by atoms with Crippen LogP contribution in [0.4, 0.5) is 17.1 Å². The molecule has 1 fully saturated rings. The number of morpholine rings is 1. The van der Waals surface area contributed by atoms with Gasteiger partial charge in [-0.2, -0.15) is 0 Å². The standard InChI is InChI=1S/C21H26ClN3O6S/c1-29-19-13-18(20(30-2)12-17(19)22)25(32(3,27)28)14-21(26)23-15-4-6-16(7-5-15)24-8-10-31-11-9-24/h4-7,12-13H,8-11,14H2,1-3H3,(H,23,26). The summed E-state index contributed by atoms with van der Waals surface area (Å²) in [6.07, 6.45) is 1.01. The van der Waals surface area contributed by atoms with Crippen molar-refractivity contribution in [1.82, 2.24) is 0 Å². The van der Waals surface area contributed by atoms with Gasteiger partial charge in [-0.15, -0.1) is 0 Å². The minimum absolute atomic E-state index is 0.147. The highest BCUT2D eigenvalue weighted by Gasteiger charge is 2.26. The Morgan fingerprint density at radius 1 is 1.12 bits per heavy atom. The van der Waals surface area contributed by atoms with E-state index < -0.39 is 22.5 Å². The van der Waals surface area contributed by atoms with E-state index >= 15 is 0 Å². The number of sulfonamides is 1. The van der Waals surface area contributed by atoms with Crippen molar-refractivity contribution < 1.29 is 27.4 Å². The van der Waals surface area contributed by atoms with E-state index in [0.29, 0.717) is 18.9 Å². The first-order chi connectivity index (χ1) is 15.2. The van der Waals surface area contributed by atoms with Crippen molar-refractivity contribution in [3.05, 3.63) is 41.4 Å². The lowest BCUT2D eigenvalue weighted by Gasteiger charge is -2.29. The number of amides is 1. The van der Waals surface area contributed by atoms with E-state index in [1.807, 2.05) is 12.1 Å². The highest BCUT2D eigenvalue weighted by atomic mass is 35.5. The van der Waals surface area contributed by atoms with Crippen molar-refractivity contribution in [3.8, 4) is 11.5 Å². The van der Waals surface area contributed by atoms with Crippen molar-refractivity contribution >= 4 is 44.6 Å². The SMILES string of the molecule is COc1cc(N(CC(=O)Nc2ccc(N3CCOCC3)cc2)S(C)(=O)=O)c(OC)cc1Cl. The molecule has 2 aromatic rings. The quantitative estimate of drug-likeness (QED) is 0.616. The number of halogens is 1. The molecule has 1 saturated heterocycles. The largest absolute Gasteiger partial charge is 0.495 e. The van der Waals surface area contributed by atoms with Crippen LogP contribution in [0.2, 0.25) is 5.02 Å². The molecule has 2 aromatic carbocycles. The third-order valence-corrected chi connectivity index (χ3v) is 6.36. The van der Waals surface area contributed by atoms with Crippen LogP contribution in [-0.4, -0.2) is 67.6 Å². The van der Waals surface area contributed by atoms with Gasteiger partial charge in [-0.05, 0) is 24.3 Å². The van der Waals surface area contributed by atoms with Gasteiger partial charge in [0.05, 0.1) is 44.4 Å². The lowest BCUT2D eigenvalue weighted by atomic mass is 10.2. The van der Waals surface area contributed by atoms with Crippen molar-refractivity contribution in [2.24, 2.45) is 0 Å². The van der Waals surface area contributed by atoms with E-state index in [9.17, 15) is 13.2 Å². The molecule has 32 heavy (non-hydrogen) atoms. The maximum absolute atomic E-state index is 12.7. The first-order valence-electron chi connectivity index (χ1n) is 9.84. The minimum Gasteiger partial charge on any atom is -0.495 e. The van der Waals surface area contributed by atoms with E-state index in [1.165, 1.54) is 26.4 Å². The summed E-state index contributed by atoms with van der Waals surface area (Å²) in [6.45, 7) is 2.52. The Morgan fingerprint density at radius 3 is 2.31 bits per heavy atom. The highest BCUT2D eigenvalue weighted by Crippen LogP contribution is 2.39. The molecule has 0 aromatic heterocycles. The molecule has 11 heteroatoms. The van der Waals surface area contributed by atoms with E-state index in [-0.39, 0.29) is 22.2 Å². The molecule has 0 saturated carbocycles. The Morgan fingerprint density at radius 2 is 1.75 bits per heavy atom. The molecule has 1 aliphatic heterocycles. The molecule has 1 N–H and O–H groups in total. The number of ether oxygens (including phenoxy) is 3. The summed E-state index contributed by atoms with van der Waals surface area (Å²) >= 11 is 6.12. The van der Waals surface area contributed by atoms with Gasteiger partial charge in [-0.1, -0.05) is 11.6 Å². The lowest BCUT2D eigenvalue weighted by Crippen LogP contribution is -2.37. The van der Waals surface area contributed by atoms with Gasteiger partial charge in [0.2, 0.25) is 15.9 Å². The fraction of sp³-hybridized carbons (Fsp3) is 0.381. The van der Waals surface area contributed by atoms with Crippen molar-refractivity contribution in [3.63, 3.8) is 0 Å². The normalized spacial score (nSPS) is 14.1. The predicted octanol–water partition coefficient (Wildman–Crippen LogP) is 2.60. The second kappa shape index (κ2) is 10.3. The van der Waals surface area contributed by atoms with Crippen LogP contribution in [0, 0.1) is 0 Å². The molecule has 0 radical (unpaired) electrons. The highest BCUT2D eigenvalue weighted by molar-refractivity contribution is 7.92. The number of carbonyl (C=O) groups is 1. The predicted molar refractivity (Wildman–Crippen MR) is 125 cm³/mol. The number of carbonyl (C=O) groups excluding carboxylic acids is 1. The molecule has 3 rings (SSSR count). The molecular weight excluding hydrogens is 458 g/mol. The fourth-order valence-corrected chi connectivity index (χ4v) is 4.41. The van der Waals surface area contributed by atoms with Gasteiger partial charge < -0.3 is 24.4 Å². The number of hydrogen-bond donors (Lipinski definition) is 1. The smallest absolute Gasteiger partial charge is 0.245 e. The number of nitrogens with one attached hydrogen (secondary N) is 1. The minimum atomic E-state index is -3.82. The summed E-state index contributed by atoms with van der Waals surface area (Å²) < 4.78 is 41.8. The average Bonchev–Trinajstić information content (AvgIpc) is 2.78. The van der Waals surface area contributed by atoms with Crippen LogP contribution in [0.5, 0.6) is 11.5 Å². The molecule has 0 aliphatic carbocycles.